The van der Waals surface area contributed by atoms with E-state index in [4.69, 9.17) is 5.73 Å². The Morgan fingerprint density at radius 3 is 3.15 bits per heavy atom. The number of rotatable bonds is 1. The normalized spacial score (nSPS) is 15.3. The first-order valence-corrected chi connectivity index (χ1v) is 7.44. The van der Waals surface area contributed by atoms with E-state index < -0.39 is 0 Å². The van der Waals surface area contributed by atoms with Gasteiger partial charge in [-0.05, 0) is 17.9 Å². The molecule has 3 aromatic rings. The lowest BCUT2D eigenvalue weighted by atomic mass is 10.3. The van der Waals surface area contributed by atoms with E-state index in [1.54, 1.807) is 17.7 Å². The van der Waals surface area contributed by atoms with Crippen molar-refractivity contribution in [2.75, 3.05) is 17.2 Å². The summed E-state index contributed by atoms with van der Waals surface area (Å²) in [6, 6.07) is 4.04. The molecule has 0 saturated carbocycles. The van der Waals surface area contributed by atoms with Crippen LogP contribution in [0.5, 0.6) is 0 Å². The van der Waals surface area contributed by atoms with Gasteiger partial charge < -0.3 is 10.6 Å². The van der Waals surface area contributed by atoms with Crippen molar-refractivity contribution in [2.24, 2.45) is 0 Å². The first kappa shape index (κ1) is 11.7. The molecule has 4 heterocycles. The Labute approximate surface area is 119 Å². The molecule has 7 heteroatoms. The number of hydrogen-bond donors (Lipinski definition) is 1. The van der Waals surface area contributed by atoms with E-state index in [0.29, 0.717) is 5.82 Å². The second-order valence-corrected chi connectivity index (χ2v) is 5.79. The Balaban J connectivity index is 1.77. The molecule has 3 aromatic heterocycles. The smallest absolute Gasteiger partial charge is 0.145 e. The third-order valence-corrected chi connectivity index (χ3v) is 4.39. The van der Waals surface area contributed by atoms with Crippen LogP contribution in [-0.4, -0.2) is 26.3 Å². The number of aromatic nitrogens is 4. The lowest BCUT2D eigenvalue weighted by Gasteiger charge is -2.21. The molecular formula is C13H14N6S. The number of hydrogen-bond acceptors (Lipinski definition) is 6. The fourth-order valence-electron chi connectivity index (χ4n) is 2.69. The molecule has 1 aliphatic rings. The molecule has 4 rings (SSSR count). The fourth-order valence-corrected chi connectivity index (χ4v) is 3.42. The Hall–Kier alpha value is -2.15. The summed E-state index contributed by atoms with van der Waals surface area (Å²) in [5.74, 6) is 1.59. The zero-order chi connectivity index (χ0) is 13.5. The SMILES string of the molecule is Nc1cc2n(n1)CCCN(c1ncnc3sccc13)C2. The predicted octanol–water partition coefficient (Wildman–Crippen LogP) is 1.88. The zero-order valence-corrected chi connectivity index (χ0v) is 11.7. The van der Waals surface area contributed by atoms with Crippen molar-refractivity contribution in [3.8, 4) is 0 Å². The summed E-state index contributed by atoms with van der Waals surface area (Å²) in [4.78, 5) is 12.1. The molecule has 102 valence electrons. The van der Waals surface area contributed by atoms with Crippen LogP contribution in [0.4, 0.5) is 11.6 Å². The number of thiophene rings is 1. The van der Waals surface area contributed by atoms with E-state index in [1.165, 1.54) is 0 Å². The van der Waals surface area contributed by atoms with Crippen LogP contribution in [0.2, 0.25) is 0 Å². The summed E-state index contributed by atoms with van der Waals surface area (Å²) in [7, 11) is 0. The third-order valence-electron chi connectivity index (χ3n) is 3.57. The molecule has 2 N–H and O–H groups in total. The maximum absolute atomic E-state index is 5.79. The van der Waals surface area contributed by atoms with Gasteiger partial charge in [-0.3, -0.25) is 4.68 Å². The summed E-state index contributed by atoms with van der Waals surface area (Å²) in [5, 5.41) is 7.51. The van der Waals surface area contributed by atoms with Crippen LogP contribution in [0.3, 0.4) is 0 Å². The van der Waals surface area contributed by atoms with Crippen molar-refractivity contribution in [2.45, 2.75) is 19.5 Å². The van der Waals surface area contributed by atoms with E-state index in [2.05, 4.69) is 31.4 Å². The highest BCUT2D eigenvalue weighted by atomic mass is 32.1. The molecule has 0 saturated heterocycles. The average Bonchev–Trinajstić information content (AvgIpc) is 3.00. The second kappa shape index (κ2) is 4.45. The van der Waals surface area contributed by atoms with Crippen LogP contribution < -0.4 is 10.6 Å². The van der Waals surface area contributed by atoms with E-state index in [1.807, 2.05) is 10.7 Å². The number of nitrogen functional groups attached to an aromatic ring is 1. The van der Waals surface area contributed by atoms with Gasteiger partial charge in [-0.15, -0.1) is 11.3 Å². The molecule has 0 unspecified atom stereocenters. The predicted molar refractivity (Wildman–Crippen MR) is 79.7 cm³/mol. The van der Waals surface area contributed by atoms with E-state index in [0.717, 1.165) is 47.8 Å². The van der Waals surface area contributed by atoms with Crippen LogP contribution in [0.1, 0.15) is 12.1 Å². The highest BCUT2D eigenvalue weighted by Gasteiger charge is 2.19. The number of fused-ring (bicyclic) bond motifs is 2. The van der Waals surface area contributed by atoms with Gasteiger partial charge in [-0.25, -0.2) is 9.97 Å². The molecule has 0 aliphatic carbocycles. The largest absolute Gasteiger partial charge is 0.382 e. The van der Waals surface area contributed by atoms with Crippen molar-refractivity contribution in [3.05, 3.63) is 29.5 Å². The topological polar surface area (TPSA) is 72.9 Å². The van der Waals surface area contributed by atoms with Gasteiger partial charge in [0, 0.05) is 19.2 Å². The maximum Gasteiger partial charge on any atom is 0.145 e. The Morgan fingerprint density at radius 1 is 1.25 bits per heavy atom. The molecule has 0 radical (unpaired) electrons. The van der Waals surface area contributed by atoms with Gasteiger partial charge in [0.1, 0.15) is 22.8 Å². The Bertz CT molecular complexity index is 761. The number of anilines is 2. The van der Waals surface area contributed by atoms with Crippen LogP contribution in [0.15, 0.2) is 23.8 Å². The highest BCUT2D eigenvalue weighted by molar-refractivity contribution is 7.16. The molecule has 0 aromatic carbocycles. The molecule has 0 bridgehead atoms. The van der Waals surface area contributed by atoms with Gasteiger partial charge in [-0.1, -0.05) is 0 Å². The number of nitrogens with two attached hydrogens (primary N) is 1. The molecular weight excluding hydrogens is 272 g/mol. The van der Waals surface area contributed by atoms with Gasteiger partial charge >= 0.3 is 0 Å². The highest BCUT2D eigenvalue weighted by Crippen LogP contribution is 2.29. The van der Waals surface area contributed by atoms with Crippen molar-refractivity contribution in [1.82, 2.24) is 19.7 Å². The number of aryl methyl sites for hydroxylation is 1. The van der Waals surface area contributed by atoms with Crippen LogP contribution >= 0.6 is 11.3 Å². The fraction of sp³-hybridized carbons (Fsp3) is 0.308. The first-order chi connectivity index (χ1) is 9.81. The molecule has 0 fully saturated rings. The van der Waals surface area contributed by atoms with Gasteiger partial charge in [0.15, 0.2) is 0 Å². The molecule has 1 aliphatic heterocycles. The quantitative estimate of drug-likeness (QED) is 0.739. The standard InChI is InChI=1S/C13H14N6S/c14-11-6-9-7-18(3-1-4-19(9)17-11)12-10-2-5-20-13(10)16-8-15-12/h2,5-6,8H,1,3-4,7H2,(H2,14,17). The minimum atomic E-state index is 0.588. The van der Waals surface area contributed by atoms with Crippen LogP contribution in [-0.2, 0) is 13.1 Å². The molecule has 0 spiro atoms. The second-order valence-electron chi connectivity index (χ2n) is 4.90. The van der Waals surface area contributed by atoms with Gasteiger partial charge in [0.05, 0.1) is 17.6 Å². The van der Waals surface area contributed by atoms with Crippen molar-refractivity contribution >= 4 is 33.2 Å². The summed E-state index contributed by atoms with van der Waals surface area (Å²) < 4.78 is 2.00. The summed E-state index contributed by atoms with van der Waals surface area (Å²) in [6.07, 6.45) is 2.68. The Morgan fingerprint density at radius 2 is 2.20 bits per heavy atom. The molecule has 20 heavy (non-hydrogen) atoms. The van der Waals surface area contributed by atoms with Crippen molar-refractivity contribution in [1.29, 1.82) is 0 Å². The van der Waals surface area contributed by atoms with Crippen molar-refractivity contribution < 1.29 is 0 Å². The summed E-state index contributed by atoms with van der Waals surface area (Å²) in [5.41, 5.74) is 6.93. The summed E-state index contributed by atoms with van der Waals surface area (Å²) >= 11 is 1.65. The average molecular weight is 286 g/mol. The zero-order valence-electron chi connectivity index (χ0n) is 10.9. The first-order valence-electron chi connectivity index (χ1n) is 6.56. The van der Waals surface area contributed by atoms with Crippen LogP contribution in [0, 0.1) is 0 Å². The Kier molecular flexibility index (Phi) is 2.59. The maximum atomic E-state index is 5.79. The van der Waals surface area contributed by atoms with Crippen molar-refractivity contribution in [3.63, 3.8) is 0 Å². The molecule has 0 atom stereocenters. The summed E-state index contributed by atoms with van der Waals surface area (Å²) in [6.45, 7) is 2.65. The number of nitrogens with zero attached hydrogens (tertiary/aromatic N) is 5. The lowest BCUT2D eigenvalue weighted by Crippen LogP contribution is -2.23. The van der Waals surface area contributed by atoms with E-state index >= 15 is 0 Å². The third kappa shape index (κ3) is 1.82. The minimum absolute atomic E-state index is 0.588. The van der Waals surface area contributed by atoms with Gasteiger partial charge in [0.2, 0.25) is 0 Å². The van der Waals surface area contributed by atoms with Crippen LogP contribution in [0.25, 0.3) is 10.2 Å². The minimum Gasteiger partial charge on any atom is -0.382 e. The molecule has 6 nitrogen and oxygen atoms in total. The monoisotopic (exact) mass is 286 g/mol. The van der Waals surface area contributed by atoms with E-state index in [9.17, 15) is 0 Å². The van der Waals surface area contributed by atoms with E-state index in [-0.39, 0.29) is 0 Å². The molecule has 0 amide bonds. The lowest BCUT2D eigenvalue weighted by molar-refractivity contribution is 0.593. The van der Waals surface area contributed by atoms with Gasteiger partial charge in [0.25, 0.3) is 0 Å². The van der Waals surface area contributed by atoms with Gasteiger partial charge in [-0.2, -0.15) is 5.10 Å².